The molecule has 0 aromatic heterocycles. The molecule has 2 N–H and O–H groups in total. The van der Waals surface area contributed by atoms with Crippen molar-refractivity contribution in [3.8, 4) is 6.07 Å². The van der Waals surface area contributed by atoms with E-state index in [2.05, 4.69) is 0 Å². The number of ether oxygens (including phenoxy) is 1. The lowest BCUT2D eigenvalue weighted by Crippen LogP contribution is -2.41. The maximum absolute atomic E-state index is 12.6. The van der Waals surface area contributed by atoms with Gasteiger partial charge in [0.2, 0.25) is 10.0 Å². The normalized spacial score (nSPS) is 17.1. The zero-order valence-corrected chi connectivity index (χ0v) is 14.3. The van der Waals surface area contributed by atoms with E-state index >= 15 is 0 Å². The Morgan fingerprint density at radius 3 is 2.65 bits per heavy atom. The highest BCUT2D eigenvalue weighted by atomic mass is 35.5. The third-order valence-electron chi connectivity index (χ3n) is 3.80. The van der Waals surface area contributed by atoms with E-state index < -0.39 is 10.0 Å². The summed E-state index contributed by atoms with van der Waals surface area (Å²) < 4.78 is 32.4. The first-order chi connectivity index (χ1) is 11.0. The van der Waals surface area contributed by atoms with Gasteiger partial charge in [0, 0.05) is 19.7 Å². The Bertz CT molecular complexity index is 680. The van der Waals surface area contributed by atoms with Crippen molar-refractivity contribution in [1.29, 1.82) is 5.26 Å². The van der Waals surface area contributed by atoms with Crippen LogP contribution in [0.3, 0.4) is 0 Å². The highest BCUT2D eigenvalue weighted by Crippen LogP contribution is 2.25. The number of halogens is 1. The molecule has 0 spiro atoms. The first-order valence-corrected chi connectivity index (χ1v) is 9.32. The van der Waals surface area contributed by atoms with Gasteiger partial charge in [0.1, 0.15) is 6.07 Å². The number of nitrogens with zero attached hydrogens (tertiary/aromatic N) is 2. The number of piperidine rings is 1. The van der Waals surface area contributed by atoms with Crippen LogP contribution in [0.15, 0.2) is 23.1 Å². The van der Waals surface area contributed by atoms with E-state index in [4.69, 9.17) is 27.3 Å². The van der Waals surface area contributed by atoms with Gasteiger partial charge in [-0.25, -0.2) is 8.42 Å². The molecule has 0 bridgehead atoms. The second kappa shape index (κ2) is 8.08. The Morgan fingerprint density at radius 2 is 2.09 bits per heavy atom. The van der Waals surface area contributed by atoms with Gasteiger partial charge in [0.25, 0.3) is 0 Å². The molecule has 0 amide bonds. The van der Waals surface area contributed by atoms with Crippen LogP contribution in [0.25, 0.3) is 0 Å². The fraction of sp³-hybridized carbons (Fsp3) is 0.533. The van der Waals surface area contributed by atoms with Crippen LogP contribution in [-0.2, 0) is 14.8 Å². The topological polar surface area (TPSA) is 96.4 Å². The molecule has 1 aromatic carbocycles. The Morgan fingerprint density at radius 1 is 1.39 bits per heavy atom. The SMILES string of the molecule is N#Cc1ccc(S(=O)(=O)N2CCC(OCCCN)CC2)cc1Cl. The molecule has 0 unspecified atom stereocenters. The van der Waals surface area contributed by atoms with Crippen molar-refractivity contribution in [3.05, 3.63) is 28.8 Å². The van der Waals surface area contributed by atoms with Crippen LogP contribution in [0.1, 0.15) is 24.8 Å². The first-order valence-electron chi connectivity index (χ1n) is 7.50. The molecule has 126 valence electrons. The van der Waals surface area contributed by atoms with Gasteiger partial charge >= 0.3 is 0 Å². The summed E-state index contributed by atoms with van der Waals surface area (Å²) in [6.07, 6.45) is 2.21. The smallest absolute Gasteiger partial charge is 0.243 e. The highest BCUT2D eigenvalue weighted by molar-refractivity contribution is 7.89. The Labute approximate surface area is 141 Å². The number of rotatable bonds is 6. The van der Waals surface area contributed by atoms with Crippen LogP contribution in [-0.4, -0.2) is 45.1 Å². The van der Waals surface area contributed by atoms with Gasteiger partial charge in [0.05, 0.1) is 21.6 Å². The fourth-order valence-electron chi connectivity index (χ4n) is 2.47. The van der Waals surface area contributed by atoms with Gasteiger partial charge in [-0.2, -0.15) is 9.57 Å². The van der Waals surface area contributed by atoms with Crippen molar-refractivity contribution in [2.24, 2.45) is 5.73 Å². The Kier molecular flexibility index (Phi) is 6.39. The van der Waals surface area contributed by atoms with E-state index in [0.29, 0.717) is 39.1 Å². The maximum Gasteiger partial charge on any atom is 0.243 e. The zero-order valence-electron chi connectivity index (χ0n) is 12.7. The molecule has 1 saturated heterocycles. The van der Waals surface area contributed by atoms with E-state index in [1.165, 1.54) is 22.5 Å². The molecular formula is C15H20ClN3O3S. The summed E-state index contributed by atoms with van der Waals surface area (Å²) in [4.78, 5) is 0.115. The largest absolute Gasteiger partial charge is 0.378 e. The van der Waals surface area contributed by atoms with Crippen LogP contribution in [0.5, 0.6) is 0 Å². The van der Waals surface area contributed by atoms with Gasteiger partial charge in [-0.05, 0) is 44.0 Å². The summed E-state index contributed by atoms with van der Waals surface area (Å²) in [7, 11) is -3.59. The van der Waals surface area contributed by atoms with Crippen molar-refractivity contribution >= 4 is 21.6 Å². The third-order valence-corrected chi connectivity index (χ3v) is 6.01. The third kappa shape index (κ3) is 4.43. The summed E-state index contributed by atoms with van der Waals surface area (Å²) >= 11 is 5.93. The average molecular weight is 358 g/mol. The minimum atomic E-state index is -3.59. The zero-order chi connectivity index (χ0) is 16.9. The quantitative estimate of drug-likeness (QED) is 0.782. The van der Waals surface area contributed by atoms with Gasteiger partial charge in [-0.1, -0.05) is 11.6 Å². The predicted molar refractivity (Wildman–Crippen MR) is 87.6 cm³/mol. The summed E-state index contributed by atoms with van der Waals surface area (Å²) in [5, 5.41) is 9.01. The standard InChI is InChI=1S/C15H20ClN3O3S/c16-15-10-14(3-2-12(15)11-18)23(20,21)19-7-4-13(5-8-19)22-9-1-6-17/h2-3,10,13H,1,4-9,17H2. The first kappa shape index (κ1) is 18.2. The molecule has 6 nitrogen and oxygen atoms in total. The molecule has 1 fully saturated rings. The van der Waals surface area contributed by atoms with Gasteiger partial charge in [-0.15, -0.1) is 0 Å². The fourth-order valence-corrected chi connectivity index (χ4v) is 4.25. The second-order valence-corrected chi connectivity index (χ2v) is 7.72. The monoisotopic (exact) mass is 357 g/mol. The van der Waals surface area contributed by atoms with Crippen LogP contribution in [0.2, 0.25) is 5.02 Å². The number of sulfonamides is 1. The van der Waals surface area contributed by atoms with E-state index in [-0.39, 0.29) is 21.6 Å². The molecule has 0 aliphatic carbocycles. The van der Waals surface area contributed by atoms with Crippen molar-refractivity contribution in [3.63, 3.8) is 0 Å². The summed E-state index contributed by atoms with van der Waals surface area (Å²) in [6, 6.07) is 6.10. The molecule has 23 heavy (non-hydrogen) atoms. The number of nitrogens with two attached hydrogens (primary N) is 1. The molecule has 0 saturated carbocycles. The minimum Gasteiger partial charge on any atom is -0.378 e. The number of benzene rings is 1. The van der Waals surface area contributed by atoms with Crippen molar-refractivity contribution in [2.75, 3.05) is 26.2 Å². The molecule has 1 aromatic rings. The Hall–Kier alpha value is -1.17. The van der Waals surface area contributed by atoms with Crippen LogP contribution < -0.4 is 5.73 Å². The minimum absolute atomic E-state index is 0.0811. The Balaban J connectivity index is 2.02. The summed E-state index contributed by atoms with van der Waals surface area (Å²) in [6.45, 7) is 2.02. The molecular weight excluding hydrogens is 338 g/mol. The van der Waals surface area contributed by atoms with E-state index in [0.717, 1.165) is 6.42 Å². The molecule has 1 heterocycles. The van der Waals surface area contributed by atoms with Crippen molar-refractivity contribution < 1.29 is 13.2 Å². The second-order valence-electron chi connectivity index (χ2n) is 5.37. The lowest BCUT2D eigenvalue weighted by molar-refractivity contribution is 0.0209. The maximum atomic E-state index is 12.6. The van der Waals surface area contributed by atoms with Crippen molar-refractivity contribution in [2.45, 2.75) is 30.3 Å². The lowest BCUT2D eigenvalue weighted by atomic mass is 10.1. The van der Waals surface area contributed by atoms with Crippen molar-refractivity contribution in [1.82, 2.24) is 4.31 Å². The van der Waals surface area contributed by atoms with E-state index in [9.17, 15) is 8.42 Å². The highest BCUT2D eigenvalue weighted by Gasteiger charge is 2.30. The molecule has 2 rings (SSSR count). The molecule has 1 aliphatic rings. The molecule has 0 atom stereocenters. The van der Waals surface area contributed by atoms with E-state index in [1.807, 2.05) is 6.07 Å². The van der Waals surface area contributed by atoms with Crippen LogP contribution >= 0.6 is 11.6 Å². The van der Waals surface area contributed by atoms with E-state index in [1.54, 1.807) is 0 Å². The number of nitriles is 1. The van der Waals surface area contributed by atoms with Crippen LogP contribution in [0, 0.1) is 11.3 Å². The molecule has 1 aliphatic heterocycles. The lowest BCUT2D eigenvalue weighted by Gasteiger charge is -2.31. The van der Waals surface area contributed by atoms with Crippen LogP contribution in [0.4, 0.5) is 0 Å². The van der Waals surface area contributed by atoms with Gasteiger partial charge in [0.15, 0.2) is 0 Å². The summed E-state index contributed by atoms with van der Waals surface area (Å²) in [5.74, 6) is 0. The molecule has 8 heteroatoms. The van der Waals surface area contributed by atoms with Gasteiger partial charge in [-0.3, -0.25) is 0 Å². The number of hydrogen-bond acceptors (Lipinski definition) is 5. The average Bonchev–Trinajstić information content (AvgIpc) is 2.55. The molecule has 0 radical (unpaired) electrons. The predicted octanol–water partition coefficient (Wildman–Crippen LogP) is 1.73. The number of hydrogen-bond donors (Lipinski definition) is 1. The van der Waals surface area contributed by atoms with Gasteiger partial charge < -0.3 is 10.5 Å². The summed E-state index contributed by atoms with van der Waals surface area (Å²) in [5.41, 5.74) is 5.68.